The minimum Gasteiger partial charge on any atom is -0.349 e. The smallest absolute Gasteiger partial charge is 0.225 e. The summed E-state index contributed by atoms with van der Waals surface area (Å²) in [6.07, 6.45) is 11.2. The number of nitrogens with zero attached hydrogens (tertiary/aromatic N) is 3. The summed E-state index contributed by atoms with van der Waals surface area (Å²) in [6, 6.07) is 0.322. The second kappa shape index (κ2) is 8.69. The van der Waals surface area contributed by atoms with Crippen LogP contribution in [-0.4, -0.2) is 39.4 Å². The van der Waals surface area contributed by atoms with Gasteiger partial charge in [-0.05, 0) is 39.0 Å². The number of hydrogen-bond acceptors (Lipinski definition) is 3. The molecule has 1 saturated carbocycles. The molecule has 144 valence electrons. The first-order valence-corrected chi connectivity index (χ1v) is 10.1. The molecule has 1 aliphatic carbocycles. The third-order valence-corrected chi connectivity index (χ3v) is 5.80. The Morgan fingerprint density at radius 2 is 2.04 bits per heavy atom. The molecule has 1 aromatic rings. The van der Waals surface area contributed by atoms with Gasteiger partial charge in [-0.2, -0.15) is 0 Å². The van der Waals surface area contributed by atoms with Crippen LogP contribution in [0, 0.1) is 11.8 Å². The summed E-state index contributed by atoms with van der Waals surface area (Å²) in [7, 11) is 0. The second-order valence-corrected chi connectivity index (χ2v) is 8.10. The van der Waals surface area contributed by atoms with Crippen LogP contribution >= 0.6 is 0 Å². The predicted octanol–water partition coefficient (Wildman–Crippen LogP) is 2.90. The van der Waals surface area contributed by atoms with Crippen LogP contribution in [0.1, 0.15) is 70.7 Å². The van der Waals surface area contributed by atoms with Crippen molar-refractivity contribution in [1.29, 1.82) is 0 Å². The van der Waals surface area contributed by atoms with Gasteiger partial charge in [-0.3, -0.25) is 9.59 Å². The fraction of sp³-hybridized carbons (Fsp3) is 0.750. The molecule has 2 fully saturated rings. The number of nitrogens with one attached hydrogen (secondary N) is 1. The van der Waals surface area contributed by atoms with Crippen molar-refractivity contribution < 1.29 is 9.59 Å². The summed E-state index contributed by atoms with van der Waals surface area (Å²) in [5.41, 5.74) is 0. The molecule has 1 N–H and O–H groups in total. The maximum Gasteiger partial charge on any atom is 0.225 e. The highest BCUT2D eigenvalue weighted by Crippen LogP contribution is 2.27. The van der Waals surface area contributed by atoms with E-state index in [0.29, 0.717) is 37.9 Å². The Labute approximate surface area is 156 Å². The van der Waals surface area contributed by atoms with Crippen molar-refractivity contribution in [1.82, 2.24) is 19.8 Å². The van der Waals surface area contributed by atoms with Gasteiger partial charge in [0.05, 0.1) is 12.5 Å². The van der Waals surface area contributed by atoms with Crippen LogP contribution in [0.25, 0.3) is 0 Å². The molecule has 0 aromatic carbocycles. The van der Waals surface area contributed by atoms with E-state index in [0.717, 1.165) is 12.4 Å². The fourth-order valence-corrected chi connectivity index (χ4v) is 4.25. The van der Waals surface area contributed by atoms with Gasteiger partial charge in [-0.1, -0.05) is 19.3 Å². The maximum atomic E-state index is 12.6. The zero-order valence-electron chi connectivity index (χ0n) is 16.1. The Morgan fingerprint density at radius 3 is 2.77 bits per heavy atom. The third kappa shape index (κ3) is 4.65. The molecule has 1 atom stereocenters. The summed E-state index contributed by atoms with van der Waals surface area (Å²) in [5, 5.41) is 3.03. The topological polar surface area (TPSA) is 67.2 Å². The Bertz CT molecular complexity index is 619. The van der Waals surface area contributed by atoms with E-state index < -0.39 is 0 Å². The summed E-state index contributed by atoms with van der Waals surface area (Å²) in [6.45, 7) is 6.04. The van der Waals surface area contributed by atoms with Crippen molar-refractivity contribution in [3.05, 3.63) is 18.2 Å². The normalized spacial score (nSPS) is 22.0. The van der Waals surface area contributed by atoms with Crippen LogP contribution in [0.2, 0.25) is 0 Å². The molecular formula is C20H32N4O2. The molecule has 0 radical (unpaired) electrons. The lowest BCUT2D eigenvalue weighted by molar-refractivity contribution is -0.139. The number of rotatable bonds is 6. The van der Waals surface area contributed by atoms with Gasteiger partial charge >= 0.3 is 0 Å². The van der Waals surface area contributed by atoms with E-state index in [2.05, 4.69) is 28.7 Å². The van der Waals surface area contributed by atoms with Crippen molar-refractivity contribution in [2.75, 3.05) is 13.1 Å². The zero-order chi connectivity index (χ0) is 18.5. The standard InChI is InChI=1S/C20H32N4O2/c1-15(2)24-11-10-21-18(24)12-22-20(26)17-8-9-19(25)23(14-17)13-16-6-4-3-5-7-16/h10-11,15-17H,3-9,12-14H2,1-2H3,(H,22,26). The first-order chi connectivity index (χ1) is 12.5. The van der Waals surface area contributed by atoms with E-state index in [-0.39, 0.29) is 17.7 Å². The second-order valence-electron chi connectivity index (χ2n) is 8.10. The van der Waals surface area contributed by atoms with Crippen molar-refractivity contribution in [3.8, 4) is 0 Å². The maximum absolute atomic E-state index is 12.6. The van der Waals surface area contributed by atoms with E-state index in [1.54, 1.807) is 6.20 Å². The van der Waals surface area contributed by atoms with Crippen LogP contribution in [-0.2, 0) is 16.1 Å². The molecule has 1 aromatic heterocycles. The Balaban J connectivity index is 1.52. The van der Waals surface area contributed by atoms with Crippen molar-refractivity contribution in [3.63, 3.8) is 0 Å². The van der Waals surface area contributed by atoms with Gasteiger partial charge in [0.15, 0.2) is 0 Å². The molecule has 0 spiro atoms. The van der Waals surface area contributed by atoms with Gasteiger partial charge in [0.1, 0.15) is 5.82 Å². The number of likely N-dealkylation sites (tertiary alicyclic amines) is 1. The Kier molecular flexibility index (Phi) is 6.33. The van der Waals surface area contributed by atoms with Crippen molar-refractivity contribution in [2.45, 2.75) is 71.4 Å². The van der Waals surface area contributed by atoms with Gasteiger partial charge in [0.25, 0.3) is 0 Å². The van der Waals surface area contributed by atoms with Gasteiger partial charge in [-0.15, -0.1) is 0 Å². The Hall–Kier alpha value is -1.85. The van der Waals surface area contributed by atoms with Crippen LogP contribution in [0.5, 0.6) is 0 Å². The highest BCUT2D eigenvalue weighted by atomic mass is 16.2. The number of carbonyl (C=O) groups excluding carboxylic acids is 2. The number of aromatic nitrogens is 2. The lowest BCUT2D eigenvalue weighted by Crippen LogP contribution is -2.47. The third-order valence-electron chi connectivity index (χ3n) is 5.80. The first-order valence-electron chi connectivity index (χ1n) is 10.1. The molecular weight excluding hydrogens is 328 g/mol. The monoisotopic (exact) mass is 360 g/mol. The van der Waals surface area contributed by atoms with Gasteiger partial charge in [0, 0.05) is 37.9 Å². The highest BCUT2D eigenvalue weighted by Gasteiger charge is 2.31. The van der Waals surface area contributed by atoms with Gasteiger partial charge < -0.3 is 14.8 Å². The minimum absolute atomic E-state index is 0.0458. The summed E-state index contributed by atoms with van der Waals surface area (Å²) < 4.78 is 2.07. The number of hydrogen-bond donors (Lipinski definition) is 1. The molecule has 26 heavy (non-hydrogen) atoms. The molecule has 2 heterocycles. The van der Waals surface area contributed by atoms with Crippen molar-refractivity contribution >= 4 is 11.8 Å². The molecule has 1 aliphatic heterocycles. The number of carbonyl (C=O) groups is 2. The fourth-order valence-electron chi connectivity index (χ4n) is 4.25. The largest absolute Gasteiger partial charge is 0.349 e. The van der Waals surface area contributed by atoms with Crippen LogP contribution < -0.4 is 5.32 Å². The summed E-state index contributed by atoms with van der Waals surface area (Å²) in [5.74, 6) is 1.66. The molecule has 2 aliphatic rings. The molecule has 6 heteroatoms. The van der Waals surface area contributed by atoms with E-state index >= 15 is 0 Å². The molecule has 2 amide bonds. The van der Waals surface area contributed by atoms with Crippen molar-refractivity contribution in [2.24, 2.45) is 11.8 Å². The van der Waals surface area contributed by atoms with Gasteiger partial charge in [-0.25, -0.2) is 4.98 Å². The van der Waals surface area contributed by atoms with E-state index in [1.807, 2.05) is 11.1 Å². The molecule has 0 bridgehead atoms. The Morgan fingerprint density at radius 1 is 1.27 bits per heavy atom. The SMILES string of the molecule is CC(C)n1ccnc1CNC(=O)C1CCC(=O)N(CC2CCCCC2)C1. The lowest BCUT2D eigenvalue weighted by Gasteiger charge is -2.35. The van der Waals surface area contributed by atoms with E-state index in [4.69, 9.17) is 0 Å². The molecule has 3 rings (SSSR count). The number of piperidine rings is 1. The minimum atomic E-state index is -0.0984. The van der Waals surface area contributed by atoms with Crippen LogP contribution in [0.4, 0.5) is 0 Å². The molecule has 1 saturated heterocycles. The van der Waals surface area contributed by atoms with E-state index in [9.17, 15) is 9.59 Å². The van der Waals surface area contributed by atoms with Crippen LogP contribution in [0.3, 0.4) is 0 Å². The average molecular weight is 361 g/mol. The average Bonchev–Trinajstić information content (AvgIpc) is 3.11. The first kappa shape index (κ1) is 18.9. The van der Waals surface area contributed by atoms with Crippen LogP contribution in [0.15, 0.2) is 12.4 Å². The van der Waals surface area contributed by atoms with Gasteiger partial charge in [0.2, 0.25) is 11.8 Å². The van der Waals surface area contributed by atoms with E-state index in [1.165, 1.54) is 32.1 Å². The summed E-state index contributed by atoms with van der Waals surface area (Å²) in [4.78, 5) is 31.2. The molecule has 1 unspecified atom stereocenters. The highest BCUT2D eigenvalue weighted by molar-refractivity contribution is 5.83. The quantitative estimate of drug-likeness (QED) is 0.848. The molecule has 6 nitrogen and oxygen atoms in total. The number of imidazole rings is 1. The zero-order valence-corrected chi connectivity index (χ0v) is 16.1. The lowest BCUT2D eigenvalue weighted by atomic mass is 9.87. The predicted molar refractivity (Wildman–Crippen MR) is 100 cm³/mol. The summed E-state index contributed by atoms with van der Waals surface area (Å²) >= 11 is 0. The number of amides is 2.